The smallest absolute Gasteiger partial charge is 0.238 e. The first kappa shape index (κ1) is 17.3. The van der Waals surface area contributed by atoms with Crippen LogP contribution in [0.25, 0.3) is 11.2 Å². The van der Waals surface area contributed by atoms with Crippen molar-refractivity contribution in [2.24, 2.45) is 0 Å². The molecule has 0 aliphatic rings. The number of carbonyl (C=O) groups is 1. The number of para-hydroxylation sites is 2. The summed E-state index contributed by atoms with van der Waals surface area (Å²) in [6.45, 7) is 4.44. The maximum atomic E-state index is 12.7. The van der Waals surface area contributed by atoms with Crippen LogP contribution in [0.1, 0.15) is 20.3 Å². The standard InChI is InChI=1S/C18H20N4O2S/c1-3-15(25-18-21-13-9-7-11-19-16(13)22-18)17(23)20-12-8-5-6-10-14(12)24-4-2/h5-11,15H,3-4H2,1-2H3,(H,20,23)(H,19,21,22)/t15-/m0/s1. The van der Waals surface area contributed by atoms with Crippen LogP contribution in [0, 0.1) is 0 Å². The lowest BCUT2D eigenvalue weighted by Gasteiger charge is -2.15. The minimum atomic E-state index is -0.268. The van der Waals surface area contributed by atoms with E-state index < -0.39 is 0 Å². The highest BCUT2D eigenvalue weighted by atomic mass is 32.2. The van der Waals surface area contributed by atoms with E-state index in [0.717, 1.165) is 5.52 Å². The number of rotatable bonds is 7. The summed E-state index contributed by atoms with van der Waals surface area (Å²) in [5.41, 5.74) is 2.20. The first-order valence-electron chi connectivity index (χ1n) is 8.21. The number of imidazole rings is 1. The number of H-pyrrole nitrogens is 1. The molecule has 2 heterocycles. The summed E-state index contributed by atoms with van der Waals surface area (Å²) < 4.78 is 5.56. The molecule has 1 atom stereocenters. The Morgan fingerprint density at radius 3 is 2.88 bits per heavy atom. The fraction of sp³-hybridized carbons (Fsp3) is 0.278. The fourth-order valence-corrected chi connectivity index (χ4v) is 3.31. The van der Waals surface area contributed by atoms with Crippen molar-refractivity contribution in [2.45, 2.75) is 30.7 Å². The first-order chi connectivity index (χ1) is 12.2. The number of benzene rings is 1. The predicted octanol–water partition coefficient (Wildman–Crippen LogP) is 3.87. The van der Waals surface area contributed by atoms with Crippen LogP contribution in [-0.4, -0.2) is 32.7 Å². The zero-order valence-electron chi connectivity index (χ0n) is 14.2. The Balaban J connectivity index is 1.73. The number of nitrogens with one attached hydrogen (secondary N) is 2. The Bertz CT molecular complexity index is 832. The van der Waals surface area contributed by atoms with E-state index in [-0.39, 0.29) is 11.2 Å². The molecule has 0 saturated heterocycles. The van der Waals surface area contributed by atoms with Crippen LogP contribution in [0.2, 0.25) is 0 Å². The summed E-state index contributed by atoms with van der Waals surface area (Å²) in [6, 6.07) is 11.2. The Morgan fingerprint density at radius 2 is 2.12 bits per heavy atom. The molecule has 6 nitrogen and oxygen atoms in total. The van der Waals surface area contributed by atoms with Gasteiger partial charge in [-0.25, -0.2) is 9.97 Å². The van der Waals surface area contributed by atoms with Gasteiger partial charge in [-0.05, 0) is 37.6 Å². The van der Waals surface area contributed by atoms with Crippen LogP contribution in [0.4, 0.5) is 5.69 Å². The number of fused-ring (bicyclic) bond motifs is 1. The van der Waals surface area contributed by atoms with Gasteiger partial charge in [-0.1, -0.05) is 30.8 Å². The second-order valence-electron chi connectivity index (χ2n) is 5.35. The summed E-state index contributed by atoms with van der Waals surface area (Å²) in [5, 5.41) is 3.38. The Morgan fingerprint density at radius 1 is 1.28 bits per heavy atom. The molecule has 7 heteroatoms. The van der Waals surface area contributed by atoms with Gasteiger partial charge in [0, 0.05) is 6.20 Å². The molecule has 130 valence electrons. The van der Waals surface area contributed by atoms with Gasteiger partial charge < -0.3 is 15.0 Å². The number of hydrogen-bond acceptors (Lipinski definition) is 5. The molecule has 0 unspecified atom stereocenters. The van der Waals surface area contributed by atoms with E-state index in [4.69, 9.17) is 4.74 Å². The van der Waals surface area contributed by atoms with Crippen LogP contribution in [-0.2, 0) is 4.79 Å². The Kier molecular flexibility index (Phi) is 5.55. The largest absolute Gasteiger partial charge is 0.492 e. The fourth-order valence-electron chi connectivity index (χ4n) is 2.40. The third-order valence-electron chi connectivity index (χ3n) is 3.60. The van der Waals surface area contributed by atoms with Gasteiger partial charge in [-0.15, -0.1) is 0 Å². The predicted molar refractivity (Wildman–Crippen MR) is 100 cm³/mol. The topological polar surface area (TPSA) is 79.9 Å². The normalized spacial score (nSPS) is 12.1. The lowest BCUT2D eigenvalue weighted by Crippen LogP contribution is -2.25. The average molecular weight is 356 g/mol. The van der Waals surface area contributed by atoms with Gasteiger partial charge in [0.05, 0.1) is 23.1 Å². The monoisotopic (exact) mass is 356 g/mol. The van der Waals surface area contributed by atoms with Gasteiger partial charge in [0.15, 0.2) is 10.8 Å². The summed E-state index contributed by atoms with van der Waals surface area (Å²) in [7, 11) is 0. The molecule has 0 fully saturated rings. The lowest BCUT2D eigenvalue weighted by molar-refractivity contribution is -0.115. The van der Waals surface area contributed by atoms with Crippen LogP contribution >= 0.6 is 11.8 Å². The summed E-state index contributed by atoms with van der Waals surface area (Å²) >= 11 is 1.40. The molecule has 0 radical (unpaired) electrons. The zero-order valence-corrected chi connectivity index (χ0v) is 15.0. The maximum absolute atomic E-state index is 12.7. The molecule has 1 amide bonds. The van der Waals surface area contributed by atoms with Crippen LogP contribution in [0.15, 0.2) is 47.8 Å². The van der Waals surface area contributed by atoms with Crippen molar-refractivity contribution in [3.63, 3.8) is 0 Å². The van der Waals surface area contributed by atoms with Crippen LogP contribution in [0.3, 0.4) is 0 Å². The van der Waals surface area contributed by atoms with Crippen molar-refractivity contribution in [1.82, 2.24) is 15.0 Å². The SMILES string of the molecule is CCOc1ccccc1NC(=O)[C@H](CC)Sc1nc2ncccc2[nH]1. The molecule has 2 N–H and O–H groups in total. The molecular formula is C18H20N4O2S. The first-order valence-corrected chi connectivity index (χ1v) is 9.09. The molecule has 0 aliphatic carbocycles. The Hall–Kier alpha value is -2.54. The van der Waals surface area contributed by atoms with Gasteiger partial charge >= 0.3 is 0 Å². The molecule has 3 rings (SSSR count). The van der Waals surface area contributed by atoms with Gasteiger partial charge in [0.2, 0.25) is 5.91 Å². The number of anilines is 1. The average Bonchev–Trinajstić information content (AvgIpc) is 3.04. The number of amides is 1. The van der Waals surface area contributed by atoms with Gasteiger partial charge in [-0.2, -0.15) is 0 Å². The minimum absolute atomic E-state index is 0.0759. The number of carbonyl (C=O) groups excluding carboxylic acids is 1. The number of aromatic nitrogens is 3. The second kappa shape index (κ2) is 8.02. The van der Waals surface area contributed by atoms with E-state index in [1.165, 1.54) is 11.8 Å². The minimum Gasteiger partial charge on any atom is -0.492 e. The number of aromatic amines is 1. The number of nitrogens with zero attached hydrogens (tertiary/aromatic N) is 2. The van der Waals surface area contributed by atoms with Crippen molar-refractivity contribution >= 4 is 34.5 Å². The molecule has 0 aliphatic heterocycles. The van der Waals surface area contributed by atoms with Crippen LogP contribution in [0.5, 0.6) is 5.75 Å². The molecular weight excluding hydrogens is 336 g/mol. The molecule has 0 spiro atoms. The summed E-state index contributed by atoms with van der Waals surface area (Å²) in [6.07, 6.45) is 2.38. The number of thioether (sulfide) groups is 1. The summed E-state index contributed by atoms with van der Waals surface area (Å²) in [5.74, 6) is 0.596. The third kappa shape index (κ3) is 4.11. The summed E-state index contributed by atoms with van der Waals surface area (Å²) in [4.78, 5) is 24.5. The van der Waals surface area contributed by atoms with E-state index in [1.54, 1.807) is 6.20 Å². The quantitative estimate of drug-likeness (QED) is 0.628. The van der Waals surface area contributed by atoms with Crippen molar-refractivity contribution in [3.8, 4) is 5.75 Å². The molecule has 3 aromatic rings. The van der Waals surface area contributed by atoms with Crippen LogP contribution < -0.4 is 10.1 Å². The van der Waals surface area contributed by atoms with Crippen molar-refractivity contribution < 1.29 is 9.53 Å². The van der Waals surface area contributed by atoms with Crippen molar-refractivity contribution in [3.05, 3.63) is 42.6 Å². The van der Waals surface area contributed by atoms with E-state index in [2.05, 4.69) is 20.3 Å². The number of hydrogen-bond donors (Lipinski definition) is 2. The molecule has 0 saturated carbocycles. The molecule has 1 aromatic carbocycles. The van der Waals surface area contributed by atoms with E-state index in [9.17, 15) is 4.79 Å². The second-order valence-corrected chi connectivity index (χ2v) is 6.54. The maximum Gasteiger partial charge on any atom is 0.238 e. The lowest BCUT2D eigenvalue weighted by atomic mass is 10.2. The molecule has 2 aromatic heterocycles. The number of ether oxygens (including phenoxy) is 1. The molecule has 0 bridgehead atoms. The highest BCUT2D eigenvalue weighted by Crippen LogP contribution is 2.28. The van der Waals surface area contributed by atoms with E-state index in [1.807, 2.05) is 50.2 Å². The van der Waals surface area contributed by atoms with Crippen molar-refractivity contribution in [2.75, 3.05) is 11.9 Å². The van der Waals surface area contributed by atoms with Gasteiger partial charge in [-0.3, -0.25) is 4.79 Å². The van der Waals surface area contributed by atoms with E-state index in [0.29, 0.717) is 35.3 Å². The van der Waals surface area contributed by atoms with E-state index >= 15 is 0 Å². The Labute approximate surface area is 150 Å². The zero-order chi connectivity index (χ0) is 17.6. The highest BCUT2D eigenvalue weighted by Gasteiger charge is 2.21. The number of pyridine rings is 1. The van der Waals surface area contributed by atoms with Crippen molar-refractivity contribution in [1.29, 1.82) is 0 Å². The van der Waals surface area contributed by atoms with Gasteiger partial charge in [0.1, 0.15) is 5.75 Å². The molecule has 25 heavy (non-hydrogen) atoms. The third-order valence-corrected chi connectivity index (χ3v) is 4.85. The van der Waals surface area contributed by atoms with Gasteiger partial charge in [0.25, 0.3) is 0 Å². The highest BCUT2D eigenvalue weighted by molar-refractivity contribution is 8.00.